The average molecular weight is 211 g/mol. The molecule has 1 atom stereocenters. The van der Waals surface area contributed by atoms with Gasteiger partial charge in [0.05, 0.1) is 5.38 Å². The van der Waals surface area contributed by atoms with Crippen molar-refractivity contribution in [2.75, 3.05) is 0 Å². The number of hydrogen-bond acceptors (Lipinski definition) is 1. The molecule has 0 heterocycles. The van der Waals surface area contributed by atoms with E-state index >= 15 is 0 Å². The van der Waals surface area contributed by atoms with E-state index in [2.05, 4.69) is 0 Å². The van der Waals surface area contributed by atoms with E-state index in [1.165, 1.54) is 0 Å². The fourth-order valence-electron chi connectivity index (χ4n) is 1.37. The SMILES string of the molecule is CCC(Cl)C(=O)c1cccc(C)c1C. The smallest absolute Gasteiger partial charge is 0.180 e. The number of Topliss-reactive ketones (excluding diaryl/α,β-unsaturated/α-hetero) is 1. The van der Waals surface area contributed by atoms with Crippen LogP contribution in [0, 0.1) is 13.8 Å². The van der Waals surface area contributed by atoms with Crippen molar-refractivity contribution in [3.05, 3.63) is 34.9 Å². The minimum absolute atomic E-state index is 0.0374. The highest BCUT2D eigenvalue weighted by molar-refractivity contribution is 6.34. The summed E-state index contributed by atoms with van der Waals surface area (Å²) >= 11 is 5.93. The molecule has 0 aliphatic heterocycles. The monoisotopic (exact) mass is 210 g/mol. The average Bonchev–Trinajstić information content (AvgIpc) is 2.20. The molecule has 76 valence electrons. The molecule has 0 aromatic heterocycles. The zero-order chi connectivity index (χ0) is 10.7. The van der Waals surface area contributed by atoms with Crippen LogP contribution in [0.1, 0.15) is 34.8 Å². The molecule has 0 saturated heterocycles. The first-order valence-electron chi connectivity index (χ1n) is 4.82. The van der Waals surface area contributed by atoms with Crippen LogP contribution in [0.5, 0.6) is 0 Å². The summed E-state index contributed by atoms with van der Waals surface area (Å²) in [5.74, 6) is 0.0374. The Balaban J connectivity index is 3.07. The van der Waals surface area contributed by atoms with E-state index in [1.54, 1.807) is 0 Å². The van der Waals surface area contributed by atoms with Gasteiger partial charge in [0.15, 0.2) is 5.78 Å². The van der Waals surface area contributed by atoms with Gasteiger partial charge in [-0.1, -0.05) is 25.1 Å². The Hall–Kier alpha value is -0.820. The molecule has 0 fully saturated rings. The molecule has 14 heavy (non-hydrogen) atoms. The summed E-state index contributed by atoms with van der Waals surface area (Å²) in [7, 11) is 0. The van der Waals surface area contributed by atoms with Gasteiger partial charge in [-0.25, -0.2) is 0 Å². The van der Waals surface area contributed by atoms with Crippen molar-refractivity contribution in [3.8, 4) is 0 Å². The Morgan fingerprint density at radius 1 is 1.43 bits per heavy atom. The van der Waals surface area contributed by atoms with Gasteiger partial charge in [0.2, 0.25) is 0 Å². The van der Waals surface area contributed by atoms with E-state index in [-0.39, 0.29) is 5.78 Å². The van der Waals surface area contributed by atoms with Crippen LogP contribution in [0.2, 0.25) is 0 Å². The topological polar surface area (TPSA) is 17.1 Å². The normalized spacial score (nSPS) is 12.6. The number of ketones is 1. The molecule has 0 spiro atoms. The molecule has 0 bridgehead atoms. The third kappa shape index (κ3) is 2.16. The molecule has 1 nitrogen and oxygen atoms in total. The van der Waals surface area contributed by atoms with E-state index in [4.69, 9.17) is 11.6 Å². The molecule has 2 heteroatoms. The zero-order valence-corrected chi connectivity index (χ0v) is 9.56. The van der Waals surface area contributed by atoms with Gasteiger partial charge in [0, 0.05) is 5.56 Å². The van der Waals surface area contributed by atoms with E-state index in [0.717, 1.165) is 16.7 Å². The molecule has 0 saturated carbocycles. The van der Waals surface area contributed by atoms with Crippen molar-refractivity contribution in [2.45, 2.75) is 32.6 Å². The maximum Gasteiger partial charge on any atom is 0.180 e. The van der Waals surface area contributed by atoms with Crippen LogP contribution < -0.4 is 0 Å². The van der Waals surface area contributed by atoms with Crippen molar-refractivity contribution in [2.24, 2.45) is 0 Å². The lowest BCUT2D eigenvalue weighted by Crippen LogP contribution is -2.15. The van der Waals surface area contributed by atoms with Gasteiger partial charge in [-0.2, -0.15) is 0 Å². The van der Waals surface area contributed by atoms with Crippen molar-refractivity contribution in [1.29, 1.82) is 0 Å². The van der Waals surface area contributed by atoms with Gasteiger partial charge in [0.25, 0.3) is 0 Å². The summed E-state index contributed by atoms with van der Waals surface area (Å²) in [6.07, 6.45) is 0.674. The van der Waals surface area contributed by atoms with Gasteiger partial charge in [-0.05, 0) is 31.4 Å². The molecule has 1 aromatic rings. The number of carbonyl (C=O) groups is 1. The maximum absolute atomic E-state index is 11.8. The van der Waals surface area contributed by atoms with Crippen molar-refractivity contribution in [3.63, 3.8) is 0 Å². The predicted molar refractivity (Wildman–Crippen MR) is 60.2 cm³/mol. The lowest BCUT2D eigenvalue weighted by Gasteiger charge is -2.10. The molecule has 0 aliphatic carbocycles. The third-order valence-corrected chi connectivity index (χ3v) is 3.02. The fourth-order valence-corrected chi connectivity index (χ4v) is 1.49. The fraction of sp³-hybridized carbons (Fsp3) is 0.417. The maximum atomic E-state index is 11.8. The minimum Gasteiger partial charge on any atom is -0.292 e. The van der Waals surface area contributed by atoms with Gasteiger partial charge < -0.3 is 0 Å². The number of halogens is 1. The number of carbonyl (C=O) groups excluding carboxylic acids is 1. The van der Waals surface area contributed by atoms with Crippen LogP contribution in [0.15, 0.2) is 18.2 Å². The first kappa shape index (κ1) is 11.3. The van der Waals surface area contributed by atoms with Crippen LogP contribution in [0.3, 0.4) is 0 Å². The molecule has 0 radical (unpaired) electrons. The van der Waals surface area contributed by atoms with Crippen molar-refractivity contribution >= 4 is 17.4 Å². The molecular weight excluding hydrogens is 196 g/mol. The van der Waals surface area contributed by atoms with Gasteiger partial charge in [0.1, 0.15) is 0 Å². The van der Waals surface area contributed by atoms with Crippen LogP contribution in [-0.2, 0) is 0 Å². The van der Waals surface area contributed by atoms with Crippen molar-refractivity contribution in [1.82, 2.24) is 0 Å². The second kappa shape index (κ2) is 4.61. The summed E-state index contributed by atoms with van der Waals surface area (Å²) in [6, 6.07) is 5.74. The molecule has 0 N–H and O–H groups in total. The Morgan fingerprint density at radius 3 is 2.64 bits per heavy atom. The highest BCUT2D eigenvalue weighted by Gasteiger charge is 2.17. The largest absolute Gasteiger partial charge is 0.292 e. The van der Waals surface area contributed by atoms with Gasteiger partial charge in [-0.3, -0.25) is 4.79 Å². The van der Waals surface area contributed by atoms with E-state index < -0.39 is 5.38 Å². The Labute approximate surface area is 90.1 Å². The van der Waals surface area contributed by atoms with Crippen LogP contribution in [-0.4, -0.2) is 11.2 Å². The molecule has 1 rings (SSSR count). The molecule has 0 aliphatic rings. The summed E-state index contributed by atoms with van der Waals surface area (Å²) < 4.78 is 0. The summed E-state index contributed by atoms with van der Waals surface area (Å²) in [5.41, 5.74) is 2.93. The molecule has 1 unspecified atom stereocenters. The number of hydrogen-bond donors (Lipinski definition) is 0. The van der Waals surface area contributed by atoms with Gasteiger partial charge in [-0.15, -0.1) is 11.6 Å². The summed E-state index contributed by atoms with van der Waals surface area (Å²) in [6.45, 7) is 5.88. The molecule has 0 amide bonds. The Kier molecular flexibility index (Phi) is 3.70. The number of benzene rings is 1. The zero-order valence-electron chi connectivity index (χ0n) is 8.80. The number of aryl methyl sites for hydroxylation is 1. The second-order valence-corrected chi connectivity index (χ2v) is 4.01. The first-order chi connectivity index (χ1) is 6.57. The third-order valence-electron chi connectivity index (χ3n) is 2.51. The van der Waals surface area contributed by atoms with E-state index in [1.807, 2.05) is 39.0 Å². The lowest BCUT2D eigenvalue weighted by atomic mass is 9.98. The highest BCUT2D eigenvalue weighted by atomic mass is 35.5. The lowest BCUT2D eigenvalue weighted by molar-refractivity contribution is 0.0985. The Morgan fingerprint density at radius 2 is 2.07 bits per heavy atom. The second-order valence-electron chi connectivity index (χ2n) is 3.49. The highest BCUT2D eigenvalue weighted by Crippen LogP contribution is 2.17. The standard InChI is InChI=1S/C12H15ClO/c1-4-11(13)12(14)10-7-5-6-8(2)9(10)3/h5-7,11H,4H2,1-3H3. The van der Waals surface area contributed by atoms with Gasteiger partial charge >= 0.3 is 0 Å². The predicted octanol–water partition coefficient (Wildman–Crippen LogP) is 3.50. The first-order valence-corrected chi connectivity index (χ1v) is 5.26. The summed E-state index contributed by atoms with van der Waals surface area (Å²) in [5, 5.41) is -0.393. The Bertz CT molecular complexity index is 344. The minimum atomic E-state index is -0.393. The van der Waals surface area contributed by atoms with Crippen LogP contribution in [0.4, 0.5) is 0 Å². The van der Waals surface area contributed by atoms with E-state index in [9.17, 15) is 4.79 Å². The van der Waals surface area contributed by atoms with Crippen LogP contribution >= 0.6 is 11.6 Å². The van der Waals surface area contributed by atoms with Crippen molar-refractivity contribution < 1.29 is 4.79 Å². The van der Waals surface area contributed by atoms with Crippen LogP contribution in [0.25, 0.3) is 0 Å². The number of rotatable bonds is 3. The van der Waals surface area contributed by atoms with E-state index in [0.29, 0.717) is 6.42 Å². The molecular formula is C12H15ClO. The molecule has 1 aromatic carbocycles. The summed E-state index contributed by atoms with van der Waals surface area (Å²) in [4.78, 5) is 11.8. The number of alkyl halides is 1. The quantitative estimate of drug-likeness (QED) is 0.551.